The summed E-state index contributed by atoms with van der Waals surface area (Å²) in [6.07, 6.45) is 3.24. The van der Waals surface area contributed by atoms with E-state index in [9.17, 15) is 4.79 Å². The number of ether oxygens (including phenoxy) is 1. The Kier molecular flexibility index (Phi) is 6.14. The number of hydrogen-bond acceptors (Lipinski definition) is 5. The highest BCUT2D eigenvalue weighted by atomic mass is 32.1. The first-order valence-electron chi connectivity index (χ1n) is 7.64. The lowest BCUT2D eigenvalue weighted by Crippen LogP contribution is -2.40. The normalized spacial score (nSPS) is 19.3. The van der Waals surface area contributed by atoms with Crippen molar-refractivity contribution in [3.05, 3.63) is 15.6 Å². The van der Waals surface area contributed by atoms with Crippen LogP contribution in [0.25, 0.3) is 0 Å². The van der Waals surface area contributed by atoms with E-state index in [0.717, 1.165) is 54.5 Å². The third kappa shape index (κ3) is 4.02. The first kappa shape index (κ1) is 16.4. The molecule has 1 saturated heterocycles. The van der Waals surface area contributed by atoms with Crippen molar-refractivity contribution in [2.45, 2.75) is 45.8 Å². The maximum atomic E-state index is 12.9. The van der Waals surface area contributed by atoms with Crippen LogP contribution in [0.1, 0.15) is 46.6 Å². The fourth-order valence-corrected chi connectivity index (χ4v) is 3.84. The first-order valence-corrected chi connectivity index (χ1v) is 8.46. The van der Waals surface area contributed by atoms with Crippen molar-refractivity contribution in [2.24, 2.45) is 0 Å². The highest BCUT2D eigenvalue weighted by molar-refractivity contribution is 7.13. The molecule has 1 fully saturated rings. The fourth-order valence-electron chi connectivity index (χ4n) is 2.85. The molecular weight excluding hydrogens is 286 g/mol. The molecule has 1 unspecified atom stereocenters. The topological polar surface area (TPSA) is 54.5 Å². The molecule has 1 aliphatic heterocycles. The van der Waals surface area contributed by atoms with Crippen molar-refractivity contribution in [3.63, 3.8) is 0 Å². The van der Waals surface area contributed by atoms with E-state index in [1.165, 1.54) is 11.3 Å². The Balaban J connectivity index is 2.15. The van der Waals surface area contributed by atoms with E-state index in [1.54, 1.807) is 7.11 Å². The number of nitrogens with zero attached hydrogens (tertiary/aromatic N) is 2. The molecule has 1 aliphatic rings. The molecule has 0 spiro atoms. The monoisotopic (exact) mass is 311 g/mol. The van der Waals surface area contributed by atoms with Gasteiger partial charge in [-0.2, -0.15) is 0 Å². The summed E-state index contributed by atoms with van der Waals surface area (Å²) in [7, 11) is 1.65. The second kappa shape index (κ2) is 7.87. The van der Waals surface area contributed by atoms with E-state index in [0.29, 0.717) is 12.6 Å². The minimum absolute atomic E-state index is 0.127. The van der Waals surface area contributed by atoms with Gasteiger partial charge in [0.05, 0.1) is 12.3 Å². The second-order valence-corrected chi connectivity index (χ2v) is 6.46. The SMILES string of the molecule is CCN(C(=O)c1sc(COC)nc1C)C1CCCNCC1. The van der Waals surface area contributed by atoms with Crippen LogP contribution in [0.5, 0.6) is 0 Å². The maximum Gasteiger partial charge on any atom is 0.266 e. The van der Waals surface area contributed by atoms with E-state index in [1.807, 2.05) is 11.8 Å². The summed E-state index contributed by atoms with van der Waals surface area (Å²) in [5.74, 6) is 0.127. The molecule has 0 radical (unpaired) electrons. The number of rotatable bonds is 5. The lowest BCUT2D eigenvalue weighted by molar-refractivity contribution is 0.0680. The summed E-state index contributed by atoms with van der Waals surface area (Å²) in [6, 6.07) is 0.338. The van der Waals surface area contributed by atoms with E-state index in [4.69, 9.17) is 4.74 Å². The van der Waals surface area contributed by atoms with Gasteiger partial charge in [-0.3, -0.25) is 4.79 Å². The van der Waals surface area contributed by atoms with Gasteiger partial charge in [-0.25, -0.2) is 4.98 Å². The third-order valence-electron chi connectivity index (χ3n) is 3.89. The number of thiazole rings is 1. The first-order chi connectivity index (χ1) is 10.2. The molecule has 2 heterocycles. The average molecular weight is 311 g/mol. The van der Waals surface area contributed by atoms with Crippen LogP contribution in [0, 0.1) is 6.92 Å². The van der Waals surface area contributed by atoms with Gasteiger partial charge >= 0.3 is 0 Å². The number of nitrogens with one attached hydrogen (secondary N) is 1. The average Bonchev–Trinajstić information content (AvgIpc) is 2.67. The van der Waals surface area contributed by atoms with E-state index < -0.39 is 0 Å². The van der Waals surface area contributed by atoms with Crippen molar-refractivity contribution in [1.82, 2.24) is 15.2 Å². The summed E-state index contributed by atoms with van der Waals surface area (Å²) in [4.78, 5) is 20.1. The highest BCUT2D eigenvalue weighted by Gasteiger charge is 2.27. The maximum absolute atomic E-state index is 12.9. The van der Waals surface area contributed by atoms with E-state index >= 15 is 0 Å². The van der Waals surface area contributed by atoms with Gasteiger partial charge in [0, 0.05) is 19.7 Å². The molecule has 0 aliphatic carbocycles. The highest BCUT2D eigenvalue weighted by Crippen LogP contribution is 2.23. The zero-order chi connectivity index (χ0) is 15.2. The van der Waals surface area contributed by atoms with Gasteiger partial charge in [0.15, 0.2) is 0 Å². The number of aryl methyl sites for hydroxylation is 1. The molecule has 1 atom stereocenters. The number of carbonyl (C=O) groups excluding carboxylic acids is 1. The molecule has 2 rings (SSSR count). The largest absolute Gasteiger partial charge is 0.378 e. The molecule has 5 nitrogen and oxygen atoms in total. The predicted octanol–water partition coefficient (Wildman–Crippen LogP) is 2.20. The van der Waals surface area contributed by atoms with Gasteiger partial charge in [-0.15, -0.1) is 11.3 Å². The number of carbonyl (C=O) groups is 1. The number of hydrogen-bond donors (Lipinski definition) is 1. The van der Waals surface area contributed by atoms with Crippen LogP contribution < -0.4 is 5.32 Å². The zero-order valence-electron chi connectivity index (χ0n) is 13.1. The van der Waals surface area contributed by atoms with Gasteiger partial charge in [-0.05, 0) is 46.2 Å². The van der Waals surface area contributed by atoms with Gasteiger partial charge < -0.3 is 15.0 Å². The molecular formula is C15H25N3O2S. The molecule has 1 amide bonds. The molecule has 1 N–H and O–H groups in total. The van der Waals surface area contributed by atoms with Gasteiger partial charge in [0.1, 0.15) is 9.88 Å². The molecule has 0 bridgehead atoms. The van der Waals surface area contributed by atoms with Crippen molar-refractivity contribution in [1.29, 1.82) is 0 Å². The molecule has 6 heteroatoms. The molecule has 21 heavy (non-hydrogen) atoms. The van der Waals surface area contributed by atoms with Crippen LogP contribution in [-0.4, -0.2) is 48.6 Å². The Morgan fingerprint density at radius 3 is 3.00 bits per heavy atom. The fraction of sp³-hybridized carbons (Fsp3) is 0.733. The second-order valence-electron chi connectivity index (χ2n) is 5.38. The lowest BCUT2D eigenvalue weighted by atomic mass is 10.1. The van der Waals surface area contributed by atoms with Crippen molar-refractivity contribution >= 4 is 17.2 Å². The van der Waals surface area contributed by atoms with Crippen molar-refractivity contribution < 1.29 is 9.53 Å². The predicted molar refractivity (Wildman–Crippen MR) is 84.8 cm³/mol. The van der Waals surface area contributed by atoms with Crippen LogP contribution in [0.3, 0.4) is 0 Å². The molecule has 0 saturated carbocycles. The Morgan fingerprint density at radius 2 is 2.29 bits per heavy atom. The standard InChI is InChI=1S/C15H25N3O2S/c1-4-18(12-6-5-8-16-9-7-12)15(19)14-11(2)17-13(21-14)10-20-3/h12,16H,4-10H2,1-3H3. The van der Waals surface area contributed by atoms with Crippen LogP contribution in [0.2, 0.25) is 0 Å². The van der Waals surface area contributed by atoms with Crippen molar-refractivity contribution in [2.75, 3.05) is 26.7 Å². The van der Waals surface area contributed by atoms with Crippen LogP contribution in [0.4, 0.5) is 0 Å². The summed E-state index contributed by atoms with van der Waals surface area (Å²) < 4.78 is 5.11. The molecule has 1 aromatic rings. The molecule has 118 valence electrons. The Bertz CT molecular complexity index is 467. The summed E-state index contributed by atoms with van der Waals surface area (Å²) in [5.41, 5.74) is 0.822. The van der Waals surface area contributed by atoms with Crippen LogP contribution >= 0.6 is 11.3 Å². The number of methoxy groups -OCH3 is 1. The molecule has 1 aromatic heterocycles. The number of amides is 1. The van der Waals surface area contributed by atoms with E-state index in [2.05, 4.69) is 17.2 Å². The smallest absolute Gasteiger partial charge is 0.266 e. The Morgan fingerprint density at radius 1 is 1.48 bits per heavy atom. The minimum atomic E-state index is 0.127. The van der Waals surface area contributed by atoms with Crippen molar-refractivity contribution in [3.8, 4) is 0 Å². The quantitative estimate of drug-likeness (QED) is 0.906. The van der Waals surface area contributed by atoms with Gasteiger partial charge in [-0.1, -0.05) is 0 Å². The van der Waals surface area contributed by atoms with Gasteiger partial charge in [0.2, 0.25) is 0 Å². The van der Waals surface area contributed by atoms with Crippen LogP contribution in [-0.2, 0) is 11.3 Å². The summed E-state index contributed by atoms with van der Waals surface area (Å²) >= 11 is 1.46. The lowest BCUT2D eigenvalue weighted by Gasteiger charge is -2.29. The van der Waals surface area contributed by atoms with Crippen LogP contribution in [0.15, 0.2) is 0 Å². The minimum Gasteiger partial charge on any atom is -0.378 e. The summed E-state index contributed by atoms with van der Waals surface area (Å²) in [5, 5.41) is 4.28. The third-order valence-corrected chi connectivity index (χ3v) is 5.01. The van der Waals surface area contributed by atoms with E-state index in [-0.39, 0.29) is 5.91 Å². The Labute approximate surface area is 130 Å². The number of aromatic nitrogens is 1. The van der Waals surface area contributed by atoms with Gasteiger partial charge in [0.25, 0.3) is 5.91 Å². The summed E-state index contributed by atoms with van der Waals surface area (Å²) in [6.45, 7) is 7.23. The molecule has 0 aromatic carbocycles. The Hall–Kier alpha value is -0.980. The zero-order valence-corrected chi connectivity index (χ0v) is 14.0.